The fraction of sp³-hybridized carbons (Fsp3) is 0.0714. The Labute approximate surface area is 353 Å². The number of hydrogen-bond acceptors (Lipinski definition) is 3. The molecular weight excluding hydrogens is 769 g/mol. The number of benzene rings is 10. The standard InChI is InChI=1S/C56H36S3/c1-56(2,3)47-30-46(42-21-12-18-39-33-15-6-9-24-50(33)59-55(39)42)36-26-25-34-44(40-19-10-16-37-31-13-4-7-22-48(31)57-53(37)40)29-45(35-27-28-43(47)52(36)51(34)35)41-20-11-17-38-32-14-5-8-23-49(32)58-54(38)41/h4-30H,1-3H3. The van der Waals surface area contributed by atoms with E-state index in [9.17, 15) is 0 Å². The van der Waals surface area contributed by atoms with Crippen molar-refractivity contribution in [3.8, 4) is 33.4 Å². The first kappa shape index (κ1) is 33.8. The van der Waals surface area contributed by atoms with Crippen LogP contribution in [0.3, 0.4) is 0 Å². The second kappa shape index (κ2) is 12.2. The van der Waals surface area contributed by atoms with Gasteiger partial charge in [0.05, 0.1) is 0 Å². The summed E-state index contributed by atoms with van der Waals surface area (Å²) >= 11 is 5.77. The molecule has 0 nitrogen and oxygen atoms in total. The molecule has 278 valence electrons. The Bertz CT molecular complexity index is 3750. The lowest BCUT2D eigenvalue weighted by Gasteiger charge is -2.26. The van der Waals surface area contributed by atoms with Crippen LogP contribution in [0.1, 0.15) is 26.3 Å². The van der Waals surface area contributed by atoms with Crippen molar-refractivity contribution in [2.24, 2.45) is 0 Å². The largest absolute Gasteiger partial charge is 0.135 e. The van der Waals surface area contributed by atoms with Crippen molar-refractivity contribution in [3.63, 3.8) is 0 Å². The molecule has 13 aromatic rings. The van der Waals surface area contributed by atoms with E-state index in [1.165, 1.54) is 132 Å². The smallest absolute Gasteiger partial charge is 0.0434 e. The maximum absolute atomic E-state index is 2.53. The molecule has 3 heterocycles. The quantitative estimate of drug-likeness (QED) is 0.156. The first-order valence-corrected chi connectivity index (χ1v) is 22.9. The van der Waals surface area contributed by atoms with Gasteiger partial charge in [0.2, 0.25) is 0 Å². The molecule has 3 heteroatoms. The van der Waals surface area contributed by atoms with E-state index in [2.05, 4.69) is 185 Å². The molecule has 0 aliphatic heterocycles. The molecule has 3 aromatic heterocycles. The molecule has 0 aliphatic rings. The van der Waals surface area contributed by atoms with Gasteiger partial charge < -0.3 is 0 Å². The minimum absolute atomic E-state index is 0.0812. The molecule has 0 aliphatic carbocycles. The molecule has 0 atom stereocenters. The summed E-state index contributed by atoms with van der Waals surface area (Å²) in [6.07, 6.45) is 0. The second-order valence-corrected chi connectivity index (χ2v) is 20.3. The molecule has 59 heavy (non-hydrogen) atoms. The van der Waals surface area contributed by atoms with Gasteiger partial charge in [-0.15, -0.1) is 34.0 Å². The zero-order valence-corrected chi connectivity index (χ0v) is 35.3. The van der Waals surface area contributed by atoms with Crippen LogP contribution < -0.4 is 0 Å². The van der Waals surface area contributed by atoms with Crippen LogP contribution in [-0.4, -0.2) is 0 Å². The first-order chi connectivity index (χ1) is 28.9. The Hall–Kier alpha value is -6.10. The molecule has 0 amide bonds. The Morgan fingerprint density at radius 3 is 1.03 bits per heavy atom. The van der Waals surface area contributed by atoms with Gasteiger partial charge in [0, 0.05) is 77.2 Å². The zero-order chi connectivity index (χ0) is 39.1. The molecule has 0 unspecified atom stereocenters. The second-order valence-electron chi connectivity index (χ2n) is 17.1. The van der Waals surface area contributed by atoms with Crippen molar-refractivity contribution in [3.05, 3.63) is 169 Å². The molecule has 13 rings (SSSR count). The molecular formula is C56H36S3. The number of fused-ring (bicyclic) bond motifs is 9. The highest BCUT2D eigenvalue weighted by Gasteiger charge is 2.26. The highest BCUT2D eigenvalue weighted by atomic mass is 32.1. The van der Waals surface area contributed by atoms with E-state index in [1.807, 2.05) is 34.0 Å². The fourth-order valence-electron chi connectivity index (χ4n) is 10.2. The average Bonchev–Trinajstić information content (AvgIpc) is 3.96. The summed E-state index contributed by atoms with van der Waals surface area (Å²) in [5.74, 6) is 0. The van der Waals surface area contributed by atoms with Gasteiger partial charge in [0.25, 0.3) is 0 Å². The van der Waals surface area contributed by atoms with Gasteiger partial charge >= 0.3 is 0 Å². The zero-order valence-electron chi connectivity index (χ0n) is 32.8. The topological polar surface area (TPSA) is 0 Å². The van der Waals surface area contributed by atoms with Crippen LogP contribution in [0.15, 0.2) is 164 Å². The van der Waals surface area contributed by atoms with Crippen LogP contribution in [0.4, 0.5) is 0 Å². The summed E-state index contributed by atoms with van der Waals surface area (Å²) in [6, 6.07) is 62.3. The molecule has 0 spiro atoms. The fourth-order valence-corrected chi connectivity index (χ4v) is 13.9. The number of rotatable bonds is 3. The van der Waals surface area contributed by atoms with Crippen LogP contribution in [0, 0.1) is 0 Å². The molecule has 0 saturated carbocycles. The van der Waals surface area contributed by atoms with Gasteiger partial charge in [-0.3, -0.25) is 0 Å². The van der Waals surface area contributed by atoms with Crippen molar-refractivity contribution in [1.29, 1.82) is 0 Å². The van der Waals surface area contributed by atoms with E-state index in [0.717, 1.165) is 0 Å². The van der Waals surface area contributed by atoms with Crippen LogP contribution in [0.25, 0.3) is 126 Å². The van der Waals surface area contributed by atoms with E-state index in [-0.39, 0.29) is 5.41 Å². The predicted octanol–water partition coefficient (Wildman–Crippen LogP) is 18.0. The third-order valence-corrected chi connectivity index (χ3v) is 16.4. The Morgan fingerprint density at radius 2 is 0.627 bits per heavy atom. The van der Waals surface area contributed by atoms with E-state index in [0.29, 0.717) is 0 Å². The average molecular weight is 805 g/mol. The van der Waals surface area contributed by atoms with Crippen molar-refractivity contribution < 1.29 is 0 Å². The Morgan fingerprint density at radius 1 is 0.288 bits per heavy atom. The van der Waals surface area contributed by atoms with Crippen molar-refractivity contribution in [2.75, 3.05) is 0 Å². The van der Waals surface area contributed by atoms with Crippen molar-refractivity contribution >= 4 is 127 Å². The molecule has 0 fully saturated rings. The molecule has 0 saturated heterocycles. The van der Waals surface area contributed by atoms with E-state index >= 15 is 0 Å². The Kier molecular flexibility index (Phi) is 7.01. The summed E-state index contributed by atoms with van der Waals surface area (Å²) in [6.45, 7) is 7.14. The first-order valence-electron chi connectivity index (χ1n) is 20.4. The van der Waals surface area contributed by atoms with Gasteiger partial charge in [-0.2, -0.15) is 0 Å². The van der Waals surface area contributed by atoms with Crippen molar-refractivity contribution in [1.82, 2.24) is 0 Å². The van der Waals surface area contributed by atoms with Crippen LogP contribution in [0.2, 0.25) is 0 Å². The van der Waals surface area contributed by atoms with Gasteiger partial charge in [-0.1, -0.05) is 154 Å². The SMILES string of the molecule is CC(C)(C)c1cc(-c2cccc3c2sc2ccccc23)c2ccc3c(-c4cccc5c4sc4ccccc45)cc(-c4cccc5c4sc4ccccc45)c4ccc1c2c34. The van der Waals surface area contributed by atoms with E-state index in [1.54, 1.807) is 0 Å². The maximum atomic E-state index is 2.53. The van der Waals surface area contributed by atoms with Crippen LogP contribution >= 0.6 is 34.0 Å². The molecule has 10 aromatic carbocycles. The summed E-state index contributed by atoms with van der Waals surface area (Å²) in [4.78, 5) is 0. The predicted molar refractivity (Wildman–Crippen MR) is 264 cm³/mol. The Balaban J connectivity index is 1.22. The normalized spacial score (nSPS) is 12.7. The van der Waals surface area contributed by atoms with Gasteiger partial charge in [0.15, 0.2) is 0 Å². The molecule has 0 N–H and O–H groups in total. The summed E-state index contributed by atoms with van der Waals surface area (Å²) in [5.41, 5.74) is 9.14. The van der Waals surface area contributed by atoms with Crippen molar-refractivity contribution in [2.45, 2.75) is 26.2 Å². The van der Waals surface area contributed by atoms with Gasteiger partial charge in [0.1, 0.15) is 0 Å². The minimum atomic E-state index is -0.0812. The summed E-state index contributed by atoms with van der Waals surface area (Å²) in [5, 5.41) is 16.0. The third kappa shape index (κ3) is 4.75. The lowest BCUT2D eigenvalue weighted by atomic mass is 9.77. The van der Waals surface area contributed by atoms with Gasteiger partial charge in [-0.25, -0.2) is 0 Å². The third-order valence-electron chi connectivity index (χ3n) is 12.8. The lowest BCUT2D eigenvalue weighted by molar-refractivity contribution is 0.596. The number of hydrogen-bond donors (Lipinski definition) is 0. The molecule has 0 radical (unpaired) electrons. The lowest BCUT2D eigenvalue weighted by Crippen LogP contribution is -2.12. The summed E-state index contributed by atoms with van der Waals surface area (Å²) < 4.78 is 8.06. The van der Waals surface area contributed by atoms with Crippen LogP contribution in [-0.2, 0) is 5.41 Å². The van der Waals surface area contributed by atoms with E-state index < -0.39 is 0 Å². The maximum Gasteiger partial charge on any atom is 0.0434 e. The van der Waals surface area contributed by atoms with Gasteiger partial charge in [-0.05, 0) is 90.3 Å². The molecule has 0 bridgehead atoms. The highest BCUT2D eigenvalue weighted by molar-refractivity contribution is 7.27. The highest BCUT2D eigenvalue weighted by Crippen LogP contribution is 2.52. The van der Waals surface area contributed by atoms with Crippen LogP contribution in [0.5, 0.6) is 0 Å². The number of thiophene rings is 3. The summed E-state index contributed by atoms with van der Waals surface area (Å²) in [7, 11) is 0. The minimum Gasteiger partial charge on any atom is -0.135 e. The monoisotopic (exact) mass is 804 g/mol. The van der Waals surface area contributed by atoms with E-state index in [4.69, 9.17) is 0 Å².